The SMILES string of the molecule is Cc1cc(Br)cc(C)c1N1C(=O)c2ccc3c4ccc5c6ccc7c8c(ccc(c9ccc(c%10ccc(c2c3%10)C1=O)c4c59)c86)C(=O)N(c1c(C(C)C)cccc1C(C)C)C7=O. The number of anilines is 2. The van der Waals surface area contributed by atoms with E-state index in [1.807, 2.05) is 80.6 Å². The normalized spacial score (nSPS) is 14.5. The highest BCUT2D eigenvalue weighted by Crippen LogP contribution is 2.51. The number of hydrogen-bond acceptors (Lipinski definition) is 4. The van der Waals surface area contributed by atoms with Crippen molar-refractivity contribution in [1.29, 1.82) is 0 Å². The van der Waals surface area contributed by atoms with Crippen LogP contribution in [0.2, 0.25) is 0 Å². The minimum atomic E-state index is -0.327. The Morgan fingerprint density at radius 2 is 0.672 bits per heavy atom. The van der Waals surface area contributed by atoms with E-state index in [0.29, 0.717) is 44.4 Å². The summed E-state index contributed by atoms with van der Waals surface area (Å²) < 4.78 is 0.894. The lowest BCUT2D eigenvalue weighted by molar-refractivity contribution is 0.0877. The highest BCUT2D eigenvalue weighted by atomic mass is 79.9. The van der Waals surface area contributed by atoms with Crippen LogP contribution in [0.15, 0.2) is 108 Å². The van der Waals surface area contributed by atoms with Crippen LogP contribution in [0.25, 0.3) is 75.4 Å². The first-order valence-electron chi connectivity index (χ1n) is 20.8. The number of nitrogens with zero attached hydrogens (tertiary/aromatic N) is 2. The Balaban J connectivity index is 1.10. The van der Waals surface area contributed by atoms with Gasteiger partial charge in [0.1, 0.15) is 0 Å². The zero-order chi connectivity index (χ0) is 42.1. The van der Waals surface area contributed by atoms with Crippen LogP contribution in [0.3, 0.4) is 0 Å². The summed E-state index contributed by atoms with van der Waals surface area (Å²) in [7, 11) is 0. The Kier molecular flexibility index (Phi) is 7.24. The van der Waals surface area contributed by atoms with Crippen LogP contribution in [-0.4, -0.2) is 23.6 Å². The zero-order valence-electron chi connectivity index (χ0n) is 34.4. The Labute approximate surface area is 359 Å². The molecule has 0 saturated carbocycles. The first-order chi connectivity index (χ1) is 29.4. The minimum Gasteiger partial charge on any atom is -0.268 e. The van der Waals surface area contributed by atoms with Crippen LogP contribution >= 0.6 is 15.9 Å². The molecule has 0 N–H and O–H groups in total. The Morgan fingerprint density at radius 1 is 0.393 bits per heavy atom. The van der Waals surface area contributed by atoms with Gasteiger partial charge in [-0.1, -0.05) is 110 Å². The monoisotopic (exact) mass is 856 g/mol. The van der Waals surface area contributed by atoms with E-state index in [-0.39, 0.29) is 35.5 Å². The molecule has 61 heavy (non-hydrogen) atoms. The number of hydrogen-bond donors (Lipinski definition) is 0. The van der Waals surface area contributed by atoms with E-state index in [4.69, 9.17) is 0 Å². The van der Waals surface area contributed by atoms with E-state index in [1.54, 1.807) is 0 Å². The third-order valence-electron chi connectivity index (χ3n) is 13.6. The molecule has 294 valence electrons. The highest BCUT2D eigenvalue weighted by molar-refractivity contribution is 9.10. The lowest BCUT2D eigenvalue weighted by Gasteiger charge is -2.33. The molecular weight excluding hydrogens is 821 g/mol. The molecule has 0 spiro atoms. The van der Waals surface area contributed by atoms with Gasteiger partial charge in [-0.2, -0.15) is 0 Å². The largest absolute Gasteiger partial charge is 0.268 e. The third-order valence-corrected chi connectivity index (χ3v) is 14.1. The van der Waals surface area contributed by atoms with Crippen molar-refractivity contribution in [2.24, 2.45) is 0 Å². The summed E-state index contributed by atoms with van der Waals surface area (Å²) in [4.78, 5) is 61.2. The summed E-state index contributed by atoms with van der Waals surface area (Å²) >= 11 is 3.56. The number of benzene rings is 10. The Bertz CT molecular complexity index is 3510. The maximum absolute atomic E-state index is 14.8. The van der Waals surface area contributed by atoms with Crippen molar-refractivity contribution in [3.8, 4) is 0 Å². The molecule has 6 nitrogen and oxygen atoms in total. The molecule has 10 aromatic carbocycles. The van der Waals surface area contributed by atoms with Crippen LogP contribution in [0, 0.1) is 13.8 Å². The van der Waals surface area contributed by atoms with E-state index in [2.05, 4.69) is 80.0 Å². The molecule has 0 bridgehead atoms. The van der Waals surface area contributed by atoms with E-state index < -0.39 is 0 Å². The average molecular weight is 858 g/mol. The van der Waals surface area contributed by atoms with Gasteiger partial charge in [-0.25, -0.2) is 9.80 Å². The molecule has 7 heteroatoms. The van der Waals surface area contributed by atoms with Gasteiger partial charge in [0.2, 0.25) is 0 Å². The van der Waals surface area contributed by atoms with Gasteiger partial charge >= 0.3 is 0 Å². The highest BCUT2D eigenvalue weighted by Gasteiger charge is 2.39. The fourth-order valence-corrected chi connectivity index (χ4v) is 11.8. The van der Waals surface area contributed by atoms with Crippen molar-refractivity contribution in [2.75, 3.05) is 9.80 Å². The van der Waals surface area contributed by atoms with E-state index in [0.717, 1.165) is 91.4 Å². The number of carbonyl (C=O) groups is 4. The van der Waals surface area contributed by atoms with Crippen LogP contribution in [-0.2, 0) is 0 Å². The van der Waals surface area contributed by atoms with Crippen molar-refractivity contribution >= 4 is 126 Å². The molecule has 0 saturated heterocycles. The van der Waals surface area contributed by atoms with Gasteiger partial charge in [0.15, 0.2) is 0 Å². The number of para-hydroxylation sites is 1. The van der Waals surface area contributed by atoms with Gasteiger partial charge in [-0.15, -0.1) is 0 Å². The number of rotatable bonds is 4. The molecule has 10 aromatic rings. The first kappa shape index (κ1) is 36.2. The number of halogens is 1. The lowest BCUT2D eigenvalue weighted by Crippen LogP contribution is -2.41. The van der Waals surface area contributed by atoms with Crippen molar-refractivity contribution in [3.05, 3.63) is 152 Å². The van der Waals surface area contributed by atoms with Gasteiger partial charge in [0, 0.05) is 37.5 Å². The second-order valence-electron chi connectivity index (χ2n) is 17.6. The summed E-state index contributed by atoms with van der Waals surface area (Å²) in [6.07, 6.45) is 0. The van der Waals surface area contributed by atoms with Gasteiger partial charge in [-0.3, -0.25) is 19.2 Å². The summed E-state index contributed by atoms with van der Waals surface area (Å²) in [5.41, 5.74) is 7.02. The van der Waals surface area contributed by atoms with Crippen molar-refractivity contribution in [2.45, 2.75) is 53.4 Å². The molecule has 2 aliphatic heterocycles. The third kappa shape index (κ3) is 4.46. The molecule has 0 atom stereocenters. The van der Waals surface area contributed by atoms with Crippen molar-refractivity contribution in [1.82, 2.24) is 0 Å². The summed E-state index contributed by atoms with van der Waals surface area (Å²) in [5, 5.41) is 13.5. The van der Waals surface area contributed by atoms with Crippen LogP contribution in [0.5, 0.6) is 0 Å². The molecule has 2 heterocycles. The molecule has 0 fully saturated rings. The van der Waals surface area contributed by atoms with Gasteiger partial charge in [-0.05, 0) is 149 Å². The number of imide groups is 2. The molecular formula is C54H37BrN2O4. The standard InChI is InChI=1S/C54H37BrN2O4/c1-24(2)29-8-7-9-30(25(3)4)50(29)57-53(60)41-20-16-37-33-12-10-31-35-14-18-39-47-40(52(59)56(51(39)58)49-26(5)22-28(55)23-27(49)6)19-15-36(45(35)47)32-11-13-34(44(33)43(31)32)38-17-21-42(54(57)61)48(41)46(37)38/h7-25H,1-6H3. The fraction of sp³-hybridized carbons (Fsp3) is 0.148. The second kappa shape index (κ2) is 12.2. The van der Waals surface area contributed by atoms with E-state index >= 15 is 0 Å². The summed E-state index contributed by atoms with van der Waals surface area (Å²) in [6, 6.07) is 34.3. The van der Waals surface area contributed by atoms with Gasteiger partial charge in [0.25, 0.3) is 23.6 Å². The van der Waals surface area contributed by atoms with E-state index in [1.165, 1.54) is 9.80 Å². The van der Waals surface area contributed by atoms with Gasteiger partial charge in [0.05, 0.1) is 11.4 Å². The summed E-state index contributed by atoms with van der Waals surface area (Å²) in [5.74, 6) is -1.04. The topological polar surface area (TPSA) is 74.8 Å². The van der Waals surface area contributed by atoms with Gasteiger partial charge < -0.3 is 0 Å². The molecule has 4 amide bonds. The minimum absolute atomic E-state index is 0.108. The van der Waals surface area contributed by atoms with Crippen LogP contribution in [0.4, 0.5) is 11.4 Å². The lowest BCUT2D eigenvalue weighted by atomic mass is 9.80. The second-order valence-corrected chi connectivity index (χ2v) is 18.5. The molecule has 0 radical (unpaired) electrons. The van der Waals surface area contributed by atoms with Crippen LogP contribution in [0.1, 0.15) is 103 Å². The Morgan fingerprint density at radius 3 is 0.984 bits per heavy atom. The quantitative estimate of drug-likeness (QED) is 0.100. The number of carbonyl (C=O) groups excluding carboxylic acids is 4. The fourth-order valence-electron chi connectivity index (χ4n) is 11.1. The van der Waals surface area contributed by atoms with E-state index in [9.17, 15) is 19.2 Å². The predicted octanol–water partition coefficient (Wildman–Crippen LogP) is 13.9. The molecule has 0 aromatic heterocycles. The smallest absolute Gasteiger partial charge is 0.266 e. The maximum atomic E-state index is 14.8. The first-order valence-corrected chi connectivity index (χ1v) is 21.6. The summed E-state index contributed by atoms with van der Waals surface area (Å²) in [6.45, 7) is 12.2. The molecule has 0 aliphatic carbocycles. The zero-order valence-corrected chi connectivity index (χ0v) is 36.0. The number of aryl methyl sites for hydroxylation is 2. The Hall–Kier alpha value is -6.70. The predicted molar refractivity (Wildman–Crippen MR) is 252 cm³/mol. The van der Waals surface area contributed by atoms with Crippen molar-refractivity contribution in [3.63, 3.8) is 0 Å². The average Bonchev–Trinajstić information content (AvgIpc) is 3.24. The number of amides is 4. The molecule has 12 rings (SSSR count). The molecule has 0 unspecified atom stereocenters. The van der Waals surface area contributed by atoms with Crippen molar-refractivity contribution < 1.29 is 19.2 Å². The number of fused-ring (bicyclic) bond motifs is 4. The maximum Gasteiger partial charge on any atom is 0.266 e. The molecule has 2 aliphatic rings. The van der Waals surface area contributed by atoms with Crippen LogP contribution < -0.4 is 9.80 Å².